The second-order valence-corrected chi connectivity index (χ2v) is 5.71. The quantitative estimate of drug-likeness (QED) is 0.503. The highest BCUT2D eigenvalue weighted by Gasteiger charge is 2.05. The third-order valence-corrected chi connectivity index (χ3v) is 4.00. The Hall–Kier alpha value is -1.74. The van der Waals surface area contributed by atoms with E-state index in [0.29, 0.717) is 0 Å². The number of benzene rings is 2. The van der Waals surface area contributed by atoms with E-state index >= 15 is 0 Å². The fourth-order valence-corrected chi connectivity index (χ4v) is 3.13. The molecule has 98 valence electrons. The summed E-state index contributed by atoms with van der Waals surface area (Å²) in [5.41, 5.74) is 10.3. The molecule has 2 aromatic rings. The van der Waals surface area contributed by atoms with Crippen molar-refractivity contribution in [3.05, 3.63) is 64.7 Å². The molecule has 0 unspecified atom stereocenters. The highest BCUT2D eigenvalue weighted by Crippen LogP contribution is 2.26. The summed E-state index contributed by atoms with van der Waals surface area (Å²) in [6, 6.07) is 14.4. The number of nitrogen functional groups attached to an aromatic ring is 1. The number of rotatable bonds is 4. The highest BCUT2D eigenvalue weighted by molar-refractivity contribution is 7.98. The van der Waals surface area contributed by atoms with Crippen LogP contribution in [-0.2, 0) is 5.75 Å². The first-order valence-electron chi connectivity index (χ1n) is 6.19. The highest BCUT2D eigenvalue weighted by atomic mass is 32.2. The Morgan fingerprint density at radius 1 is 1.11 bits per heavy atom. The fraction of sp³-hybridized carbons (Fsp3) is 0.188. The summed E-state index contributed by atoms with van der Waals surface area (Å²) in [5, 5.41) is 7.59. The van der Waals surface area contributed by atoms with Gasteiger partial charge >= 0.3 is 0 Å². The van der Waals surface area contributed by atoms with Gasteiger partial charge < -0.3 is 5.73 Å². The van der Waals surface area contributed by atoms with E-state index in [1.807, 2.05) is 24.3 Å². The summed E-state index contributed by atoms with van der Waals surface area (Å²) in [5.74, 6) is 1.02. The molecule has 0 fully saturated rings. The Morgan fingerprint density at radius 3 is 2.37 bits per heavy atom. The Balaban J connectivity index is 2.16. The second kappa shape index (κ2) is 5.93. The molecular formula is C16H18N2S. The summed E-state index contributed by atoms with van der Waals surface area (Å²) in [6.07, 6.45) is 0. The van der Waals surface area contributed by atoms with E-state index in [1.54, 1.807) is 11.8 Å². The third-order valence-electron chi connectivity index (χ3n) is 2.85. The summed E-state index contributed by atoms with van der Waals surface area (Å²) < 4.78 is 0. The van der Waals surface area contributed by atoms with Crippen LogP contribution >= 0.6 is 11.8 Å². The van der Waals surface area contributed by atoms with Crippen LogP contribution in [0.15, 0.2) is 47.4 Å². The van der Waals surface area contributed by atoms with Crippen molar-refractivity contribution in [2.75, 3.05) is 0 Å². The van der Waals surface area contributed by atoms with Crippen LogP contribution in [0.4, 0.5) is 0 Å². The van der Waals surface area contributed by atoms with Gasteiger partial charge in [0, 0.05) is 16.2 Å². The molecule has 0 saturated heterocycles. The number of nitrogens with one attached hydrogen (secondary N) is 1. The number of thioether (sulfide) groups is 1. The molecule has 19 heavy (non-hydrogen) atoms. The molecule has 0 aliphatic rings. The average Bonchev–Trinajstić information content (AvgIpc) is 2.35. The van der Waals surface area contributed by atoms with E-state index in [1.165, 1.54) is 16.7 Å². The van der Waals surface area contributed by atoms with Crippen molar-refractivity contribution >= 4 is 17.6 Å². The molecule has 0 heterocycles. The lowest BCUT2D eigenvalue weighted by Gasteiger charge is -2.08. The van der Waals surface area contributed by atoms with Gasteiger partial charge in [-0.25, -0.2) is 0 Å². The molecule has 0 radical (unpaired) electrons. The van der Waals surface area contributed by atoms with Gasteiger partial charge in [0.2, 0.25) is 0 Å². The molecular weight excluding hydrogens is 252 g/mol. The lowest BCUT2D eigenvalue weighted by molar-refractivity contribution is 1.29. The largest absolute Gasteiger partial charge is 0.384 e. The monoisotopic (exact) mass is 270 g/mol. The van der Waals surface area contributed by atoms with E-state index in [4.69, 9.17) is 11.1 Å². The summed E-state index contributed by atoms with van der Waals surface area (Å²) in [6.45, 7) is 4.23. The Labute approximate surface area is 118 Å². The maximum atomic E-state index is 7.59. The Bertz CT molecular complexity index is 585. The van der Waals surface area contributed by atoms with Gasteiger partial charge in [-0.2, -0.15) is 0 Å². The predicted octanol–water partition coefficient (Wildman–Crippen LogP) is 3.88. The van der Waals surface area contributed by atoms with Gasteiger partial charge in [0.05, 0.1) is 0 Å². The van der Waals surface area contributed by atoms with Crippen molar-refractivity contribution in [1.29, 1.82) is 5.41 Å². The van der Waals surface area contributed by atoms with E-state index in [9.17, 15) is 0 Å². The first-order chi connectivity index (χ1) is 9.06. The molecule has 0 amide bonds. The van der Waals surface area contributed by atoms with Crippen LogP contribution in [0.1, 0.15) is 22.3 Å². The first kappa shape index (κ1) is 13.7. The third kappa shape index (κ3) is 3.61. The standard InChI is InChI=1S/C16H18N2S/c1-11-7-12(2)9-13(8-11)10-19-15-6-4-3-5-14(15)16(17)18/h3-9H,10H2,1-2H3,(H3,17,18). The van der Waals surface area contributed by atoms with Crippen LogP contribution in [0.25, 0.3) is 0 Å². The number of aryl methyl sites for hydroxylation is 2. The van der Waals surface area contributed by atoms with Crippen molar-refractivity contribution in [1.82, 2.24) is 0 Å². The normalized spacial score (nSPS) is 10.4. The van der Waals surface area contributed by atoms with Gasteiger partial charge in [0.15, 0.2) is 0 Å². The molecule has 0 bridgehead atoms. The smallest absolute Gasteiger partial charge is 0.123 e. The zero-order valence-corrected chi connectivity index (χ0v) is 12.1. The lowest BCUT2D eigenvalue weighted by atomic mass is 10.1. The van der Waals surface area contributed by atoms with Crippen LogP contribution in [0, 0.1) is 19.3 Å². The molecule has 0 saturated carbocycles. The van der Waals surface area contributed by atoms with Gasteiger partial charge in [-0.05, 0) is 25.5 Å². The van der Waals surface area contributed by atoms with Crippen LogP contribution < -0.4 is 5.73 Å². The minimum Gasteiger partial charge on any atom is -0.384 e. The Morgan fingerprint density at radius 2 is 1.74 bits per heavy atom. The zero-order chi connectivity index (χ0) is 13.8. The molecule has 0 aliphatic heterocycles. The van der Waals surface area contributed by atoms with E-state index in [0.717, 1.165) is 16.2 Å². The Kier molecular flexibility index (Phi) is 4.27. The maximum absolute atomic E-state index is 7.59. The first-order valence-corrected chi connectivity index (χ1v) is 7.18. The zero-order valence-electron chi connectivity index (χ0n) is 11.2. The van der Waals surface area contributed by atoms with Crippen molar-refractivity contribution < 1.29 is 0 Å². The fourth-order valence-electron chi connectivity index (χ4n) is 2.13. The van der Waals surface area contributed by atoms with Gasteiger partial charge in [0.25, 0.3) is 0 Å². The molecule has 0 spiro atoms. The molecule has 3 heteroatoms. The van der Waals surface area contributed by atoms with Gasteiger partial charge in [-0.15, -0.1) is 11.8 Å². The molecule has 2 nitrogen and oxygen atoms in total. The van der Waals surface area contributed by atoms with Crippen LogP contribution in [-0.4, -0.2) is 5.84 Å². The van der Waals surface area contributed by atoms with Crippen molar-refractivity contribution in [2.24, 2.45) is 5.73 Å². The molecule has 2 aromatic carbocycles. The molecule has 0 aromatic heterocycles. The van der Waals surface area contributed by atoms with Gasteiger partial charge in [-0.3, -0.25) is 5.41 Å². The maximum Gasteiger partial charge on any atom is 0.123 e. The number of nitrogens with two attached hydrogens (primary N) is 1. The van der Waals surface area contributed by atoms with Crippen LogP contribution in [0.2, 0.25) is 0 Å². The topological polar surface area (TPSA) is 49.9 Å². The average molecular weight is 270 g/mol. The van der Waals surface area contributed by atoms with E-state index in [2.05, 4.69) is 32.0 Å². The summed E-state index contributed by atoms with van der Waals surface area (Å²) in [7, 11) is 0. The van der Waals surface area contributed by atoms with Crippen LogP contribution in [0.5, 0.6) is 0 Å². The SMILES string of the molecule is Cc1cc(C)cc(CSc2ccccc2C(=N)N)c1. The number of hydrogen-bond donors (Lipinski definition) is 2. The predicted molar refractivity (Wildman–Crippen MR) is 82.9 cm³/mol. The molecule has 3 N–H and O–H groups in total. The summed E-state index contributed by atoms with van der Waals surface area (Å²) >= 11 is 1.73. The molecule has 0 aliphatic carbocycles. The molecule has 0 atom stereocenters. The second-order valence-electron chi connectivity index (χ2n) is 4.69. The molecule has 2 rings (SSSR count). The van der Waals surface area contributed by atoms with Crippen LogP contribution in [0.3, 0.4) is 0 Å². The van der Waals surface area contributed by atoms with Crippen molar-refractivity contribution in [3.8, 4) is 0 Å². The number of amidine groups is 1. The lowest BCUT2D eigenvalue weighted by Crippen LogP contribution is -2.12. The van der Waals surface area contributed by atoms with Crippen molar-refractivity contribution in [2.45, 2.75) is 24.5 Å². The summed E-state index contributed by atoms with van der Waals surface area (Å²) in [4.78, 5) is 1.06. The minimum absolute atomic E-state index is 0.128. The van der Waals surface area contributed by atoms with Gasteiger partial charge in [0.1, 0.15) is 5.84 Å². The number of hydrogen-bond acceptors (Lipinski definition) is 2. The van der Waals surface area contributed by atoms with E-state index in [-0.39, 0.29) is 5.84 Å². The van der Waals surface area contributed by atoms with E-state index < -0.39 is 0 Å². The van der Waals surface area contributed by atoms with Crippen molar-refractivity contribution in [3.63, 3.8) is 0 Å². The van der Waals surface area contributed by atoms with Gasteiger partial charge in [-0.1, -0.05) is 47.5 Å². The minimum atomic E-state index is 0.128.